The summed E-state index contributed by atoms with van der Waals surface area (Å²) in [6.45, 7) is 7.54. The topological polar surface area (TPSA) is 113 Å². The summed E-state index contributed by atoms with van der Waals surface area (Å²) in [5.41, 5.74) is 5.10. The van der Waals surface area contributed by atoms with Gasteiger partial charge in [-0.2, -0.15) is 0 Å². The van der Waals surface area contributed by atoms with E-state index in [0.29, 0.717) is 13.0 Å². The predicted octanol–water partition coefficient (Wildman–Crippen LogP) is 0.639. The van der Waals surface area contributed by atoms with E-state index in [1.54, 1.807) is 6.92 Å². The average Bonchev–Trinajstić information content (AvgIpc) is 2.39. The molecule has 3 amide bonds. The van der Waals surface area contributed by atoms with E-state index < -0.39 is 24.0 Å². The lowest BCUT2D eigenvalue weighted by atomic mass is 9.97. The van der Waals surface area contributed by atoms with Crippen molar-refractivity contribution in [2.24, 2.45) is 17.6 Å². The molecule has 0 saturated carbocycles. The first-order valence-corrected chi connectivity index (χ1v) is 6.82. The summed E-state index contributed by atoms with van der Waals surface area (Å²) in [6, 6.07) is -1.48. The zero-order valence-electron chi connectivity index (χ0n) is 12.5. The molecule has 0 aromatic heterocycles. The number of nitrogens with zero attached hydrogens (tertiary/aromatic N) is 1. The molecular formula is C13H25N3O4. The van der Waals surface area contributed by atoms with Gasteiger partial charge in [0.1, 0.15) is 6.04 Å². The van der Waals surface area contributed by atoms with Crippen molar-refractivity contribution in [3.63, 3.8) is 0 Å². The second kappa shape index (κ2) is 8.39. The quantitative estimate of drug-likeness (QED) is 0.608. The molecule has 0 heterocycles. The van der Waals surface area contributed by atoms with Crippen LogP contribution in [0.4, 0.5) is 4.79 Å². The largest absolute Gasteiger partial charge is 0.481 e. The van der Waals surface area contributed by atoms with E-state index in [0.717, 1.165) is 0 Å². The number of rotatable bonds is 8. The SMILES string of the molecule is CCC(C)C(NC(N)=O)C(=O)N(CC)CC(C)C(=O)O. The number of hydrogen-bond acceptors (Lipinski definition) is 3. The number of carboxylic acids is 1. The lowest BCUT2D eigenvalue weighted by Gasteiger charge is -2.30. The Morgan fingerprint density at radius 3 is 2.15 bits per heavy atom. The van der Waals surface area contributed by atoms with Crippen molar-refractivity contribution >= 4 is 17.9 Å². The van der Waals surface area contributed by atoms with Gasteiger partial charge in [-0.05, 0) is 12.8 Å². The smallest absolute Gasteiger partial charge is 0.312 e. The molecule has 0 aliphatic rings. The van der Waals surface area contributed by atoms with Crippen molar-refractivity contribution in [3.8, 4) is 0 Å². The van der Waals surface area contributed by atoms with Crippen molar-refractivity contribution in [2.45, 2.75) is 40.2 Å². The molecule has 4 N–H and O–H groups in total. The lowest BCUT2D eigenvalue weighted by molar-refractivity contribution is -0.143. The lowest BCUT2D eigenvalue weighted by Crippen LogP contribution is -2.54. The van der Waals surface area contributed by atoms with E-state index in [1.165, 1.54) is 11.8 Å². The molecule has 0 spiro atoms. The zero-order chi connectivity index (χ0) is 15.9. The fourth-order valence-corrected chi connectivity index (χ4v) is 1.82. The van der Waals surface area contributed by atoms with Gasteiger partial charge in [0.05, 0.1) is 5.92 Å². The van der Waals surface area contributed by atoms with Crippen LogP contribution in [0, 0.1) is 11.8 Å². The molecule has 0 radical (unpaired) electrons. The maximum atomic E-state index is 12.4. The maximum Gasteiger partial charge on any atom is 0.312 e. The molecule has 7 nitrogen and oxygen atoms in total. The molecule has 0 aromatic carbocycles. The van der Waals surface area contributed by atoms with Crippen LogP contribution < -0.4 is 11.1 Å². The Balaban J connectivity index is 4.98. The highest BCUT2D eigenvalue weighted by Gasteiger charge is 2.30. The summed E-state index contributed by atoms with van der Waals surface area (Å²) in [5.74, 6) is -2.00. The molecule has 0 aliphatic heterocycles. The Kier molecular flexibility index (Phi) is 7.64. The van der Waals surface area contributed by atoms with Gasteiger partial charge in [0, 0.05) is 13.1 Å². The van der Waals surface area contributed by atoms with Crippen LogP contribution in [0.3, 0.4) is 0 Å². The highest BCUT2D eigenvalue weighted by Crippen LogP contribution is 2.12. The van der Waals surface area contributed by atoms with Crippen molar-refractivity contribution in [2.75, 3.05) is 13.1 Å². The predicted molar refractivity (Wildman–Crippen MR) is 75.0 cm³/mol. The Bertz CT molecular complexity index is 360. The third-order valence-electron chi connectivity index (χ3n) is 3.39. The standard InChI is InChI=1S/C13H25N3O4/c1-5-8(3)10(15-13(14)20)11(17)16(6-2)7-9(4)12(18)19/h8-10H,5-7H2,1-4H3,(H,18,19)(H3,14,15,20). The van der Waals surface area contributed by atoms with Gasteiger partial charge in [-0.25, -0.2) is 4.79 Å². The molecule has 3 unspecified atom stereocenters. The van der Waals surface area contributed by atoms with E-state index in [1.807, 2.05) is 13.8 Å². The monoisotopic (exact) mass is 287 g/mol. The van der Waals surface area contributed by atoms with Crippen LogP contribution in [0.1, 0.15) is 34.1 Å². The van der Waals surface area contributed by atoms with E-state index in [4.69, 9.17) is 10.8 Å². The van der Waals surface area contributed by atoms with E-state index in [-0.39, 0.29) is 18.4 Å². The summed E-state index contributed by atoms with van der Waals surface area (Å²) in [5, 5.41) is 11.4. The molecule has 0 aliphatic carbocycles. The van der Waals surface area contributed by atoms with Crippen molar-refractivity contribution < 1.29 is 19.5 Å². The van der Waals surface area contributed by atoms with Crippen molar-refractivity contribution in [1.82, 2.24) is 10.2 Å². The molecular weight excluding hydrogens is 262 g/mol. The molecule has 0 rings (SSSR count). The minimum atomic E-state index is -0.959. The van der Waals surface area contributed by atoms with Crippen molar-refractivity contribution in [3.05, 3.63) is 0 Å². The van der Waals surface area contributed by atoms with Gasteiger partial charge in [-0.3, -0.25) is 9.59 Å². The van der Waals surface area contributed by atoms with Gasteiger partial charge in [0.25, 0.3) is 0 Å². The Morgan fingerprint density at radius 2 is 1.80 bits per heavy atom. The fraction of sp³-hybridized carbons (Fsp3) is 0.769. The van der Waals surface area contributed by atoms with E-state index in [9.17, 15) is 14.4 Å². The first-order chi connectivity index (χ1) is 9.24. The van der Waals surface area contributed by atoms with Gasteiger partial charge in [0.2, 0.25) is 5.91 Å². The Morgan fingerprint density at radius 1 is 1.25 bits per heavy atom. The van der Waals surface area contributed by atoms with Crippen LogP contribution in [0.5, 0.6) is 0 Å². The van der Waals surface area contributed by atoms with E-state index >= 15 is 0 Å². The summed E-state index contributed by atoms with van der Waals surface area (Å²) in [6.07, 6.45) is 0.697. The number of amides is 3. The van der Waals surface area contributed by atoms with Gasteiger partial charge < -0.3 is 21.1 Å². The highest BCUT2D eigenvalue weighted by molar-refractivity contribution is 5.87. The normalized spacial score (nSPS) is 15.0. The molecule has 0 aromatic rings. The van der Waals surface area contributed by atoms with Crippen LogP contribution in [0.15, 0.2) is 0 Å². The first kappa shape index (κ1) is 18.2. The number of likely N-dealkylation sites (N-methyl/N-ethyl adjacent to an activating group) is 1. The van der Waals surface area contributed by atoms with Gasteiger partial charge in [0.15, 0.2) is 0 Å². The Hall–Kier alpha value is -1.79. The zero-order valence-corrected chi connectivity index (χ0v) is 12.5. The summed E-state index contributed by atoms with van der Waals surface area (Å²) >= 11 is 0. The maximum absolute atomic E-state index is 12.4. The number of hydrogen-bond donors (Lipinski definition) is 3. The molecule has 3 atom stereocenters. The number of nitrogens with two attached hydrogens (primary N) is 1. The second-order valence-corrected chi connectivity index (χ2v) is 4.99. The molecule has 20 heavy (non-hydrogen) atoms. The highest BCUT2D eigenvalue weighted by atomic mass is 16.4. The molecule has 0 saturated heterocycles. The third-order valence-corrected chi connectivity index (χ3v) is 3.39. The fourth-order valence-electron chi connectivity index (χ4n) is 1.82. The van der Waals surface area contributed by atoms with Gasteiger partial charge >= 0.3 is 12.0 Å². The third kappa shape index (κ3) is 5.46. The van der Waals surface area contributed by atoms with Crippen LogP contribution in [0.2, 0.25) is 0 Å². The first-order valence-electron chi connectivity index (χ1n) is 6.82. The van der Waals surface area contributed by atoms with Crippen LogP contribution in [0.25, 0.3) is 0 Å². The number of aliphatic carboxylic acids is 1. The molecule has 0 fully saturated rings. The van der Waals surface area contributed by atoms with Crippen molar-refractivity contribution in [1.29, 1.82) is 0 Å². The number of urea groups is 1. The van der Waals surface area contributed by atoms with Gasteiger partial charge in [-0.1, -0.05) is 27.2 Å². The molecule has 116 valence electrons. The number of carbonyl (C=O) groups is 3. The minimum absolute atomic E-state index is 0.0795. The van der Waals surface area contributed by atoms with Crippen LogP contribution in [-0.2, 0) is 9.59 Å². The number of carbonyl (C=O) groups excluding carboxylic acids is 2. The molecule has 0 bridgehead atoms. The number of nitrogens with one attached hydrogen (secondary N) is 1. The molecule has 7 heteroatoms. The number of primary amides is 1. The summed E-state index contributed by atoms with van der Waals surface area (Å²) in [4.78, 5) is 35.8. The van der Waals surface area contributed by atoms with Crippen LogP contribution >= 0.6 is 0 Å². The van der Waals surface area contributed by atoms with E-state index in [2.05, 4.69) is 5.32 Å². The summed E-state index contributed by atoms with van der Waals surface area (Å²) in [7, 11) is 0. The minimum Gasteiger partial charge on any atom is -0.481 e. The average molecular weight is 287 g/mol. The Labute approximate surface area is 119 Å². The summed E-state index contributed by atoms with van der Waals surface area (Å²) < 4.78 is 0. The second-order valence-electron chi connectivity index (χ2n) is 4.99. The van der Waals surface area contributed by atoms with Crippen LogP contribution in [-0.4, -0.2) is 47.0 Å². The van der Waals surface area contributed by atoms with Gasteiger partial charge in [-0.15, -0.1) is 0 Å². The number of carboxylic acid groups (broad SMARTS) is 1.